The van der Waals surface area contributed by atoms with E-state index in [4.69, 9.17) is 4.74 Å². The number of hydrogen-bond donors (Lipinski definition) is 2. The molecule has 2 saturated heterocycles. The SMILES string of the molecule is CC(=O)c1cccc(OCC(=O)N2CCCC(CNC(=O)C3CCCN3)C2)c1. The number of carbonyl (C=O) groups excluding carboxylic acids is 3. The second-order valence-electron chi connectivity index (χ2n) is 7.61. The van der Waals surface area contributed by atoms with Crippen LogP contribution in [0.3, 0.4) is 0 Å². The predicted octanol–water partition coefficient (Wildman–Crippen LogP) is 1.37. The van der Waals surface area contributed by atoms with Crippen LogP contribution in [-0.2, 0) is 9.59 Å². The van der Waals surface area contributed by atoms with Crippen LogP contribution >= 0.6 is 0 Å². The van der Waals surface area contributed by atoms with E-state index < -0.39 is 0 Å². The smallest absolute Gasteiger partial charge is 0.260 e. The van der Waals surface area contributed by atoms with Crippen LogP contribution in [0.15, 0.2) is 24.3 Å². The minimum Gasteiger partial charge on any atom is -0.484 e. The van der Waals surface area contributed by atoms with Crippen LogP contribution in [0.4, 0.5) is 0 Å². The monoisotopic (exact) mass is 387 g/mol. The van der Waals surface area contributed by atoms with E-state index in [-0.39, 0.29) is 36.2 Å². The molecule has 2 heterocycles. The van der Waals surface area contributed by atoms with Gasteiger partial charge in [0.2, 0.25) is 5.91 Å². The number of amides is 2. The lowest BCUT2D eigenvalue weighted by Crippen LogP contribution is -2.47. The number of carbonyl (C=O) groups is 3. The molecule has 0 aromatic heterocycles. The fraction of sp³-hybridized carbons (Fsp3) is 0.571. The van der Waals surface area contributed by atoms with Crippen molar-refractivity contribution in [3.8, 4) is 5.75 Å². The molecule has 2 atom stereocenters. The van der Waals surface area contributed by atoms with Gasteiger partial charge in [0.25, 0.3) is 5.91 Å². The van der Waals surface area contributed by atoms with Gasteiger partial charge in [0, 0.05) is 25.2 Å². The van der Waals surface area contributed by atoms with E-state index in [0.29, 0.717) is 30.9 Å². The number of likely N-dealkylation sites (tertiary alicyclic amines) is 1. The molecule has 2 fully saturated rings. The number of ketones is 1. The summed E-state index contributed by atoms with van der Waals surface area (Å²) in [6, 6.07) is 6.80. The normalized spacial score (nSPS) is 22.0. The molecule has 152 valence electrons. The van der Waals surface area contributed by atoms with Crippen molar-refractivity contribution in [1.82, 2.24) is 15.5 Å². The summed E-state index contributed by atoms with van der Waals surface area (Å²) in [5.41, 5.74) is 0.565. The van der Waals surface area contributed by atoms with Crippen LogP contribution < -0.4 is 15.4 Å². The molecule has 3 rings (SSSR count). The van der Waals surface area contributed by atoms with Crippen molar-refractivity contribution < 1.29 is 19.1 Å². The Labute approximate surface area is 165 Å². The molecule has 2 aliphatic heterocycles. The zero-order valence-corrected chi connectivity index (χ0v) is 16.4. The van der Waals surface area contributed by atoms with Crippen molar-refractivity contribution in [2.75, 3.05) is 32.8 Å². The standard InChI is InChI=1S/C21H29N3O4/c1-15(25)17-6-2-7-18(11-17)28-14-20(26)24-10-4-5-16(13-24)12-23-21(27)19-8-3-9-22-19/h2,6-7,11,16,19,22H,3-5,8-10,12-14H2,1H3,(H,23,27). The Morgan fingerprint density at radius 1 is 1.25 bits per heavy atom. The first-order valence-corrected chi connectivity index (χ1v) is 10.1. The Kier molecular flexibility index (Phi) is 7.03. The van der Waals surface area contributed by atoms with Gasteiger partial charge in [-0.15, -0.1) is 0 Å². The summed E-state index contributed by atoms with van der Waals surface area (Å²) < 4.78 is 5.59. The van der Waals surface area contributed by atoms with Crippen LogP contribution in [0.5, 0.6) is 5.75 Å². The summed E-state index contributed by atoms with van der Waals surface area (Å²) >= 11 is 0. The average molecular weight is 387 g/mol. The van der Waals surface area contributed by atoms with E-state index in [0.717, 1.165) is 32.2 Å². The van der Waals surface area contributed by atoms with E-state index in [9.17, 15) is 14.4 Å². The minimum atomic E-state index is -0.0690. The van der Waals surface area contributed by atoms with Gasteiger partial charge in [0.15, 0.2) is 12.4 Å². The largest absolute Gasteiger partial charge is 0.484 e. The van der Waals surface area contributed by atoms with Gasteiger partial charge in [-0.2, -0.15) is 0 Å². The van der Waals surface area contributed by atoms with Gasteiger partial charge in [-0.05, 0) is 57.2 Å². The maximum Gasteiger partial charge on any atom is 0.260 e. The Morgan fingerprint density at radius 3 is 2.86 bits per heavy atom. The van der Waals surface area contributed by atoms with Gasteiger partial charge in [-0.1, -0.05) is 12.1 Å². The van der Waals surface area contributed by atoms with Gasteiger partial charge in [-0.25, -0.2) is 0 Å². The van der Waals surface area contributed by atoms with Crippen molar-refractivity contribution in [3.05, 3.63) is 29.8 Å². The van der Waals surface area contributed by atoms with Gasteiger partial charge in [-0.3, -0.25) is 14.4 Å². The number of Topliss-reactive ketones (excluding diaryl/α,β-unsaturated/α-hetero) is 1. The summed E-state index contributed by atoms with van der Waals surface area (Å²) in [4.78, 5) is 37.9. The molecule has 2 amide bonds. The number of nitrogens with zero attached hydrogens (tertiary/aromatic N) is 1. The van der Waals surface area contributed by atoms with Crippen molar-refractivity contribution in [3.63, 3.8) is 0 Å². The molecule has 0 aliphatic carbocycles. The number of hydrogen-bond acceptors (Lipinski definition) is 5. The minimum absolute atomic E-state index is 0.0366. The van der Waals surface area contributed by atoms with E-state index in [2.05, 4.69) is 10.6 Å². The molecule has 2 aliphatic rings. The van der Waals surface area contributed by atoms with Crippen LogP contribution in [0.2, 0.25) is 0 Å². The lowest BCUT2D eigenvalue weighted by molar-refractivity contribution is -0.135. The summed E-state index contributed by atoms with van der Waals surface area (Å²) in [7, 11) is 0. The highest BCUT2D eigenvalue weighted by Crippen LogP contribution is 2.18. The first-order chi connectivity index (χ1) is 13.5. The van der Waals surface area contributed by atoms with Crippen LogP contribution in [0.25, 0.3) is 0 Å². The average Bonchev–Trinajstić information content (AvgIpc) is 3.25. The number of nitrogens with one attached hydrogen (secondary N) is 2. The first-order valence-electron chi connectivity index (χ1n) is 10.1. The van der Waals surface area contributed by atoms with E-state index in [1.165, 1.54) is 6.92 Å². The zero-order valence-electron chi connectivity index (χ0n) is 16.4. The number of benzene rings is 1. The third-order valence-corrected chi connectivity index (χ3v) is 5.42. The van der Waals surface area contributed by atoms with Crippen molar-refractivity contribution >= 4 is 17.6 Å². The second-order valence-corrected chi connectivity index (χ2v) is 7.61. The quantitative estimate of drug-likeness (QED) is 0.690. The summed E-state index contributed by atoms with van der Waals surface area (Å²) in [6.45, 7) is 4.30. The Balaban J connectivity index is 1.44. The third-order valence-electron chi connectivity index (χ3n) is 5.42. The van der Waals surface area contributed by atoms with E-state index in [1.54, 1.807) is 24.3 Å². The molecule has 0 saturated carbocycles. The molecule has 28 heavy (non-hydrogen) atoms. The maximum absolute atomic E-state index is 12.5. The molecule has 0 spiro atoms. The highest BCUT2D eigenvalue weighted by atomic mass is 16.5. The zero-order chi connectivity index (χ0) is 19.9. The second kappa shape index (κ2) is 9.68. The fourth-order valence-corrected chi connectivity index (χ4v) is 3.78. The number of ether oxygens (including phenoxy) is 1. The summed E-state index contributed by atoms with van der Waals surface area (Å²) in [6.07, 6.45) is 3.86. The lowest BCUT2D eigenvalue weighted by atomic mass is 9.97. The Hall–Kier alpha value is -2.41. The topological polar surface area (TPSA) is 87.7 Å². The van der Waals surface area contributed by atoms with Gasteiger partial charge >= 0.3 is 0 Å². The number of piperidine rings is 1. The predicted molar refractivity (Wildman–Crippen MR) is 105 cm³/mol. The Morgan fingerprint density at radius 2 is 2.11 bits per heavy atom. The molecular formula is C21H29N3O4. The molecule has 7 nitrogen and oxygen atoms in total. The molecular weight excluding hydrogens is 358 g/mol. The van der Waals surface area contributed by atoms with Crippen LogP contribution in [0, 0.1) is 5.92 Å². The van der Waals surface area contributed by atoms with Crippen molar-refractivity contribution in [2.45, 2.75) is 38.6 Å². The van der Waals surface area contributed by atoms with Gasteiger partial charge < -0.3 is 20.3 Å². The van der Waals surface area contributed by atoms with E-state index >= 15 is 0 Å². The van der Waals surface area contributed by atoms with Gasteiger partial charge in [0.1, 0.15) is 5.75 Å². The molecule has 7 heteroatoms. The highest BCUT2D eigenvalue weighted by Gasteiger charge is 2.26. The number of rotatable bonds is 7. The molecule has 1 aromatic carbocycles. The third kappa shape index (κ3) is 5.55. The molecule has 1 aromatic rings. The maximum atomic E-state index is 12.5. The molecule has 2 unspecified atom stereocenters. The van der Waals surface area contributed by atoms with Crippen LogP contribution in [0.1, 0.15) is 43.0 Å². The molecule has 0 radical (unpaired) electrons. The van der Waals surface area contributed by atoms with Gasteiger partial charge in [0.05, 0.1) is 6.04 Å². The summed E-state index contributed by atoms with van der Waals surface area (Å²) in [5.74, 6) is 0.747. The van der Waals surface area contributed by atoms with Crippen LogP contribution in [-0.4, -0.2) is 61.3 Å². The highest BCUT2D eigenvalue weighted by molar-refractivity contribution is 5.94. The Bertz CT molecular complexity index is 715. The van der Waals surface area contributed by atoms with Crippen molar-refractivity contribution in [1.29, 1.82) is 0 Å². The summed E-state index contributed by atoms with van der Waals surface area (Å²) in [5, 5.41) is 6.23. The van der Waals surface area contributed by atoms with E-state index in [1.807, 2.05) is 4.90 Å². The fourth-order valence-electron chi connectivity index (χ4n) is 3.78. The lowest BCUT2D eigenvalue weighted by Gasteiger charge is -2.33. The molecule has 2 N–H and O–H groups in total. The molecule has 0 bridgehead atoms. The first kappa shape index (κ1) is 20.3. The van der Waals surface area contributed by atoms with Crippen molar-refractivity contribution in [2.24, 2.45) is 5.92 Å².